The van der Waals surface area contributed by atoms with Gasteiger partial charge in [-0.15, -0.1) is 0 Å². The van der Waals surface area contributed by atoms with Crippen LogP contribution in [-0.4, -0.2) is 41.2 Å². The molecule has 0 radical (unpaired) electrons. The number of hydrogen-bond acceptors (Lipinski definition) is 3. The van der Waals surface area contributed by atoms with E-state index in [1.807, 2.05) is 37.1 Å². The minimum Gasteiger partial charge on any atom is -0.496 e. The highest BCUT2D eigenvalue weighted by molar-refractivity contribution is 5.95. The maximum atomic E-state index is 13.0. The van der Waals surface area contributed by atoms with Crippen molar-refractivity contribution in [1.82, 2.24) is 15.1 Å². The van der Waals surface area contributed by atoms with Gasteiger partial charge in [-0.3, -0.25) is 9.89 Å². The number of hydrogen-bond donors (Lipinski definition) is 1. The highest BCUT2D eigenvalue weighted by Crippen LogP contribution is 2.30. The number of methoxy groups -OCH3 is 1. The number of ether oxygens (including phenoxy) is 1. The highest BCUT2D eigenvalue weighted by atomic mass is 16.5. The van der Waals surface area contributed by atoms with Gasteiger partial charge in [-0.05, 0) is 61.9 Å². The Balaban J connectivity index is 1.81. The summed E-state index contributed by atoms with van der Waals surface area (Å²) in [5.41, 5.74) is 5.21. The molecule has 1 atom stereocenters. The number of rotatable bonds is 4. The normalized spacial score (nSPS) is 17.6. The predicted molar refractivity (Wildman–Crippen MR) is 98.3 cm³/mol. The van der Waals surface area contributed by atoms with Crippen molar-refractivity contribution in [3.05, 3.63) is 46.3 Å². The number of aromatic nitrogens is 2. The molecule has 1 saturated heterocycles. The number of nitrogens with zero attached hydrogens (tertiary/aromatic N) is 2. The molecule has 1 aromatic heterocycles. The summed E-state index contributed by atoms with van der Waals surface area (Å²) in [6.07, 6.45) is 4.99. The third-order valence-corrected chi connectivity index (χ3v) is 5.16. The summed E-state index contributed by atoms with van der Waals surface area (Å²) in [5.74, 6) is 1.31. The monoisotopic (exact) mass is 341 g/mol. The Kier molecular flexibility index (Phi) is 5.11. The predicted octanol–water partition coefficient (Wildman–Crippen LogP) is 3.62. The molecule has 25 heavy (non-hydrogen) atoms. The zero-order valence-corrected chi connectivity index (χ0v) is 15.6. The van der Waals surface area contributed by atoms with Crippen molar-refractivity contribution in [2.24, 2.45) is 0 Å². The average molecular weight is 341 g/mol. The molecule has 1 amide bonds. The number of benzene rings is 1. The molecule has 1 aliphatic heterocycles. The molecule has 2 aromatic rings. The fourth-order valence-corrected chi connectivity index (χ4v) is 3.93. The standard InChI is InChI=1S/C20H27N3O2/c1-5-15-11-21-22-18(15)16-7-6-8-23(12-16)20(24)17-9-13(2)19(25-4)14(3)10-17/h9-11,16H,5-8,12H2,1-4H3,(H,21,22)/t16-/m1/s1. The molecule has 5 nitrogen and oxygen atoms in total. The second-order valence-corrected chi connectivity index (χ2v) is 6.90. The van der Waals surface area contributed by atoms with Gasteiger partial charge >= 0.3 is 0 Å². The number of carbonyl (C=O) groups excluding carboxylic acids is 1. The average Bonchev–Trinajstić information content (AvgIpc) is 3.09. The third kappa shape index (κ3) is 3.41. The highest BCUT2D eigenvalue weighted by Gasteiger charge is 2.28. The Morgan fingerprint density at radius 2 is 2.08 bits per heavy atom. The Morgan fingerprint density at radius 1 is 1.36 bits per heavy atom. The van der Waals surface area contributed by atoms with Crippen LogP contribution in [0.5, 0.6) is 5.75 Å². The first kappa shape index (κ1) is 17.5. The lowest BCUT2D eigenvalue weighted by molar-refractivity contribution is 0.0705. The van der Waals surface area contributed by atoms with Gasteiger partial charge in [0.05, 0.1) is 13.3 Å². The smallest absolute Gasteiger partial charge is 0.253 e. The summed E-state index contributed by atoms with van der Waals surface area (Å²) in [4.78, 5) is 15.0. The van der Waals surface area contributed by atoms with Crippen LogP contribution in [0.15, 0.2) is 18.3 Å². The minimum absolute atomic E-state index is 0.108. The number of aromatic amines is 1. The Hall–Kier alpha value is -2.30. The molecule has 0 bridgehead atoms. The van der Waals surface area contributed by atoms with Gasteiger partial charge in [0.1, 0.15) is 5.75 Å². The van der Waals surface area contributed by atoms with E-state index in [1.54, 1.807) is 7.11 Å². The molecular formula is C20H27N3O2. The van der Waals surface area contributed by atoms with Gasteiger partial charge in [0.15, 0.2) is 0 Å². The lowest BCUT2D eigenvalue weighted by Crippen LogP contribution is -2.39. The van der Waals surface area contributed by atoms with Crippen molar-refractivity contribution in [2.75, 3.05) is 20.2 Å². The minimum atomic E-state index is 0.108. The van der Waals surface area contributed by atoms with Crippen LogP contribution in [0.3, 0.4) is 0 Å². The van der Waals surface area contributed by atoms with E-state index in [0.29, 0.717) is 5.92 Å². The molecule has 0 unspecified atom stereocenters. The summed E-state index contributed by atoms with van der Waals surface area (Å²) in [7, 11) is 1.67. The van der Waals surface area contributed by atoms with Crippen molar-refractivity contribution in [1.29, 1.82) is 0 Å². The summed E-state index contributed by atoms with van der Waals surface area (Å²) in [5, 5.41) is 7.35. The van der Waals surface area contributed by atoms with Crippen molar-refractivity contribution >= 4 is 5.91 Å². The number of piperidine rings is 1. The fourth-order valence-electron chi connectivity index (χ4n) is 3.93. The van der Waals surface area contributed by atoms with Gasteiger partial charge in [-0.25, -0.2) is 0 Å². The van der Waals surface area contributed by atoms with Gasteiger partial charge < -0.3 is 9.64 Å². The molecule has 1 aliphatic rings. The van der Waals surface area contributed by atoms with Gasteiger partial charge in [-0.1, -0.05) is 6.92 Å². The lowest BCUT2D eigenvalue weighted by atomic mass is 9.91. The summed E-state index contributed by atoms with van der Waals surface area (Å²) >= 11 is 0. The maximum Gasteiger partial charge on any atom is 0.253 e. The summed E-state index contributed by atoms with van der Waals surface area (Å²) in [6, 6.07) is 3.87. The first-order chi connectivity index (χ1) is 12.0. The van der Waals surface area contributed by atoms with E-state index >= 15 is 0 Å². The maximum absolute atomic E-state index is 13.0. The topological polar surface area (TPSA) is 58.2 Å². The van der Waals surface area contributed by atoms with E-state index < -0.39 is 0 Å². The van der Waals surface area contributed by atoms with Crippen LogP contribution >= 0.6 is 0 Å². The number of likely N-dealkylation sites (tertiary alicyclic amines) is 1. The van der Waals surface area contributed by atoms with Crippen molar-refractivity contribution in [3.63, 3.8) is 0 Å². The largest absolute Gasteiger partial charge is 0.496 e. The first-order valence-electron chi connectivity index (χ1n) is 9.01. The zero-order valence-electron chi connectivity index (χ0n) is 15.6. The first-order valence-corrected chi connectivity index (χ1v) is 9.01. The van der Waals surface area contributed by atoms with Crippen LogP contribution in [0.2, 0.25) is 0 Å². The Labute approximate surface area is 149 Å². The number of nitrogens with one attached hydrogen (secondary N) is 1. The number of amides is 1. The molecular weight excluding hydrogens is 314 g/mol. The summed E-state index contributed by atoms with van der Waals surface area (Å²) in [6.45, 7) is 7.68. The molecule has 2 heterocycles. The fraction of sp³-hybridized carbons (Fsp3) is 0.500. The lowest BCUT2D eigenvalue weighted by Gasteiger charge is -2.33. The van der Waals surface area contributed by atoms with Crippen LogP contribution in [0, 0.1) is 13.8 Å². The number of H-pyrrole nitrogens is 1. The SMILES string of the molecule is CCc1cn[nH]c1[C@@H]1CCCN(C(=O)c2cc(C)c(OC)c(C)c2)C1. The van der Waals surface area contributed by atoms with Crippen LogP contribution in [0.1, 0.15) is 58.4 Å². The van der Waals surface area contributed by atoms with E-state index in [4.69, 9.17) is 4.74 Å². The number of aryl methyl sites for hydroxylation is 3. The number of carbonyl (C=O) groups is 1. The molecule has 1 aromatic carbocycles. The van der Waals surface area contributed by atoms with E-state index in [1.165, 1.54) is 11.3 Å². The Bertz CT molecular complexity index is 743. The molecule has 1 fully saturated rings. The van der Waals surface area contributed by atoms with Gasteiger partial charge in [0.25, 0.3) is 5.91 Å². The van der Waals surface area contributed by atoms with Gasteiger partial charge in [0.2, 0.25) is 0 Å². The second-order valence-electron chi connectivity index (χ2n) is 6.90. The van der Waals surface area contributed by atoms with Crippen LogP contribution in [0.25, 0.3) is 0 Å². The van der Waals surface area contributed by atoms with Crippen molar-refractivity contribution in [3.8, 4) is 5.75 Å². The molecule has 5 heteroatoms. The van der Waals surface area contributed by atoms with Gasteiger partial charge in [-0.2, -0.15) is 5.10 Å². The van der Waals surface area contributed by atoms with Crippen molar-refractivity contribution in [2.45, 2.75) is 46.0 Å². The van der Waals surface area contributed by atoms with E-state index in [9.17, 15) is 4.79 Å². The van der Waals surface area contributed by atoms with Crippen LogP contribution < -0.4 is 4.74 Å². The second kappa shape index (κ2) is 7.30. The van der Waals surface area contributed by atoms with Crippen molar-refractivity contribution < 1.29 is 9.53 Å². The van der Waals surface area contributed by atoms with E-state index in [-0.39, 0.29) is 5.91 Å². The third-order valence-electron chi connectivity index (χ3n) is 5.16. The molecule has 0 spiro atoms. The molecule has 0 aliphatic carbocycles. The zero-order chi connectivity index (χ0) is 18.0. The Morgan fingerprint density at radius 3 is 2.72 bits per heavy atom. The molecule has 0 saturated carbocycles. The molecule has 134 valence electrons. The molecule has 3 rings (SSSR count). The van der Waals surface area contributed by atoms with Gasteiger partial charge in [0, 0.05) is 30.3 Å². The van der Waals surface area contributed by atoms with E-state index in [2.05, 4.69) is 17.1 Å². The van der Waals surface area contributed by atoms with Crippen LogP contribution in [0.4, 0.5) is 0 Å². The van der Waals surface area contributed by atoms with E-state index in [0.717, 1.165) is 54.8 Å². The quantitative estimate of drug-likeness (QED) is 0.924. The molecule has 1 N–H and O–H groups in total. The van der Waals surface area contributed by atoms with Crippen LogP contribution in [-0.2, 0) is 6.42 Å². The summed E-state index contributed by atoms with van der Waals surface area (Å²) < 4.78 is 5.41.